The van der Waals surface area contributed by atoms with E-state index in [0.29, 0.717) is 32.6 Å². The van der Waals surface area contributed by atoms with Crippen LogP contribution in [0.1, 0.15) is 17.5 Å². The van der Waals surface area contributed by atoms with Crippen LogP contribution in [0.15, 0.2) is 60.7 Å². The number of carbonyl (C=O) groups is 2. The van der Waals surface area contributed by atoms with E-state index in [0.717, 1.165) is 11.1 Å². The summed E-state index contributed by atoms with van der Waals surface area (Å²) in [6.07, 6.45) is 0.664. The maximum atomic E-state index is 11.7. The van der Waals surface area contributed by atoms with Gasteiger partial charge in [0.05, 0.1) is 0 Å². The molecule has 132 valence electrons. The molecular formula is C19H24N4O2. The van der Waals surface area contributed by atoms with Gasteiger partial charge in [-0.25, -0.2) is 9.59 Å². The Morgan fingerprint density at radius 2 is 1.00 bits per heavy atom. The lowest BCUT2D eigenvalue weighted by atomic mass is 10.2. The second-order valence-electron chi connectivity index (χ2n) is 5.54. The number of amides is 4. The van der Waals surface area contributed by atoms with Gasteiger partial charge in [0.2, 0.25) is 0 Å². The molecule has 6 heteroatoms. The summed E-state index contributed by atoms with van der Waals surface area (Å²) in [4.78, 5) is 23.3. The number of hydrogen-bond donors (Lipinski definition) is 4. The van der Waals surface area contributed by atoms with Gasteiger partial charge in [0.15, 0.2) is 0 Å². The minimum Gasteiger partial charge on any atom is -0.338 e. The van der Waals surface area contributed by atoms with E-state index in [4.69, 9.17) is 0 Å². The first-order valence-electron chi connectivity index (χ1n) is 8.35. The Morgan fingerprint density at radius 3 is 1.40 bits per heavy atom. The van der Waals surface area contributed by atoms with Crippen LogP contribution in [0, 0.1) is 0 Å². The quantitative estimate of drug-likeness (QED) is 0.557. The van der Waals surface area contributed by atoms with Gasteiger partial charge in [-0.05, 0) is 17.5 Å². The molecule has 0 saturated carbocycles. The lowest BCUT2D eigenvalue weighted by molar-refractivity contribution is 0.239. The van der Waals surface area contributed by atoms with Gasteiger partial charge in [-0.15, -0.1) is 0 Å². The van der Waals surface area contributed by atoms with Gasteiger partial charge in [0.1, 0.15) is 0 Å². The minimum absolute atomic E-state index is 0.211. The SMILES string of the molecule is O=C(NCCCNC(=O)NCc1ccccc1)NCc1ccccc1. The van der Waals surface area contributed by atoms with Crippen LogP contribution in [-0.4, -0.2) is 25.2 Å². The van der Waals surface area contributed by atoms with Gasteiger partial charge in [0.25, 0.3) is 0 Å². The normalized spacial score (nSPS) is 9.92. The van der Waals surface area contributed by atoms with E-state index < -0.39 is 0 Å². The highest BCUT2D eigenvalue weighted by Gasteiger charge is 2.01. The molecule has 25 heavy (non-hydrogen) atoms. The van der Waals surface area contributed by atoms with E-state index in [1.165, 1.54) is 0 Å². The van der Waals surface area contributed by atoms with Crippen LogP contribution >= 0.6 is 0 Å². The maximum absolute atomic E-state index is 11.7. The molecule has 0 fully saturated rings. The highest BCUT2D eigenvalue weighted by molar-refractivity contribution is 5.74. The van der Waals surface area contributed by atoms with E-state index in [9.17, 15) is 9.59 Å². The Labute approximate surface area is 148 Å². The molecule has 0 aromatic heterocycles. The highest BCUT2D eigenvalue weighted by Crippen LogP contribution is 1.97. The predicted molar refractivity (Wildman–Crippen MR) is 98.0 cm³/mol. The fourth-order valence-electron chi connectivity index (χ4n) is 2.17. The highest BCUT2D eigenvalue weighted by atomic mass is 16.2. The van der Waals surface area contributed by atoms with Crippen molar-refractivity contribution in [2.45, 2.75) is 19.5 Å². The predicted octanol–water partition coefficient (Wildman–Crippen LogP) is 2.38. The Balaban J connectivity index is 1.48. The molecule has 0 heterocycles. The van der Waals surface area contributed by atoms with Crippen molar-refractivity contribution in [1.29, 1.82) is 0 Å². The van der Waals surface area contributed by atoms with Crippen molar-refractivity contribution in [2.24, 2.45) is 0 Å². The Kier molecular flexibility index (Phi) is 7.84. The van der Waals surface area contributed by atoms with E-state index >= 15 is 0 Å². The summed E-state index contributed by atoms with van der Waals surface area (Å²) in [6.45, 7) is 1.98. The molecule has 0 unspecified atom stereocenters. The Bertz CT molecular complexity index is 589. The van der Waals surface area contributed by atoms with Crippen molar-refractivity contribution in [2.75, 3.05) is 13.1 Å². The van der Waals surface area contributed by atoms with Crippen LogP contribution in [0.2, 0.25) is 0 Å². The van der Waals surface area contributed by atoms with Crippen molar-refractivity contribution in [3.05, 3.63) is 71.8 Å². The van der Waals surface area contributed by atoms with Crippen LogP contribution in [-0.2, 0) is 13.1 Å². The average molecular weight is 340 g/mol. The molecule has 4 N–H and O–H groups in total. The van der Waals surface area contributed by atoms with E-state index in [2.05, 4.69) is 21.3 Å². The first-order chi connectivity index (χ1) is 12.2. The maximum Gasteiger partial charge on any atom is 0.315 e. The largest absolute Gasteiger partial charge is 0.338 e. The molecule has 0 aliphatic heterocycles. The first-order valence-corrected chi connectivity index (χ1v) is 8.35. The van der Waals surface area contributed by atoms with Gasteiger partial charge in [0, 0.05) is 26.2 Å². The number of nitrogens with one attached hydrogen (secondary N) is 4. The van der Waals surface area contributed by atoms with Gasteiger partial charge in [-0.3, -0.25) is 0 Å². The number of rotatable bonds is 8. The molecule has 0 saturated heterocycles. The van der Waals surface area contributed by atoms with Crippen LogP contribution in [0.5, 0.6) is 0 Å². The molecule has 0 aliphatic carbocycles. The first kappa shape index (κ1) is 18.3. The second kappa shape index (κ2) is 10.7. The molecule has 6 nitrogen and oxygen atoms in total. The Hall–Kier alpha value is -3.02. The second-order valence-corrected chi connectivity index (χ2v) is 5.54. The molecule has 0 bridgehead atoms. The third kappa shape index (κ3) is 7.87. The van der Waals surface area contributed by atoms with Gasteiger partial charge < -0.3 is 21.3 Å². The van der Waals surface area contributed by atoms with Crippen molar-refractivity contribution < 1.29 is 9.59 Å². The molecule has 0 spiro atoms. The number of urea groups is 2. The third-order valence-electron chi connectivity index (χ3n) is 3.52. The monoisotopic (exact) mass is 340 g/mol. The Morgan fingerprint density at radius 1 is 0.600 bits per heavy atom. The summed E-state index contributed by atoms with van der Waals surface area (Å²) >= 11 is 0. The van der Waals surface area contributed by atoms with Crippen molar-refractivity contribution in [3.63, 3.8) is 0 Å². The van der Waals surface area contributed by atoms with Gasteiger partial charge in [-0.2, -0.15) is 0 Å². The fraction of sp³-hybridized carbons (Fsp3) is 0.263. The van der Waals surface area contributed by atoms with Crippen molar-refractivity contribution in [1.82, 2.24) is 21.3 Å². The molecule has 0 aliphatic rings. The molecule has 2 rings (SSSR count). The molecule has 2 aromatic carbocycles. The van der Waals surface area contributed by atoms with Crippen molar-refractivity contribution >= 4 is 12.1 Å². The van der Waals surface area contributed by atoms with Gasteiger partial charge >= 0.3 is 12.1 Å². The standard InChI is InChI=1S/C19H24N4O2/c24-18(22-14-16-8-3-1-4-9-16)20-12-7-13-21-19(25)23-15-17-10-5-2-6-11-17/h1-6,8-11H,7,12-15H2,(H2,20,22,24)(H2,21,23,25). The van der Waals surface area contributed by atoms with Crippen LogP contribution < -0.4 is 21.3 Å². The average Bonchev–Trinajstić information content (AvgIpc) is 2.66. The summed E-state index contributed by atoms with van der Waals surface area (Å²) < 4.78 is 0. The molecule has 0 radical (unpaired) electrons. The smallest absolute Gasteiger partial charge is 0.315 e. The van der Waals surface area contributed by atoms with Crippen molar-refractivity contribution in [3.8, 4) is 0 Å². The fourth-order valence-corrected chi connectivity index (χ4v) is 2.17. The summed E-state index contributed by atoms with van der Waals surface area (Å²) in [7, 11) is 0. The zero-order valence-electron chi connectivity index (χ0n) is 14.1. The lowest BCUT2D eigenvalue weighted by Gasteiger charge is -2.09. The van der Waals surface area contributed by atoms with Crippen LogP contribution in [0.25, 0.3) is 0 Å². The summed E-state index contributed by atoms with van der Waals surface area (Å²) in [5.74, 6) is 0. The summed E-state index contributed by atoms with van der Waals surface area (Å²) in [5, 5.41) is 11.1. The summed E-state index contributed by atoms with van der Waals surface area (Å²) in [5.41, 5.74) is 2.10. The molecular weight excluding hydrogens is 316 g/mol. The molecule has 0 atom stereocenters. The van der Waals surface area contributed by atoms with E-state index in [1.54, 1.807) is 0 Å². The number of hydrogen-bond acceptors (Lipinski definition) is 2. The molecule has 4 amide bonds. The van der Waals surface area contributed by atoms with E-state index in [1.807, 2.05) is 60.7 Å². The van der Waals surface area contributed by atoms with E-state index in [-0.39, 0.29) is 12.1 Å². The summed E-state index contributed by atoms with van der Waals surface area (Å²) in [6, 6.07) is 19.0. The minimum atomic E-state index is -0.211. The van der Waals surface area contributed by atoms with Crippen LogP contribution in [0.4, 0.5) is 9.59 Å². The number of carbonyl (C=O) groups excluding carboxylic acids is 2. The third-order valence-corrected chi connectivity index (χ3v) is 3.52. The lowest BCUT2D eigenvalue weighted by Crippen LogP contribution is -2.38. The zero-order chi connectivity index (χ0) is 17.7. The van der Waals surface area contributed by atoms with Crippen LogP contribution in [0.3, 0.4) is 0 Å². The van der Waals surface area contributed by atoms with Gasteiger partial charge in [-0.1, -0.05) is 60.7 Å². The topological polar surface area (TPSA) is 82.3 Å². The zero-order valence-corrected chi connectivity index (χ0v) is 14.1. The molecule has 2 aromatic rings. The number of benzene rings is 2.